The summed E-state index contributed by atoms with van der Waals surface area (Å²) in [4.78, 5) is 11.5. The second kappa shape index (κ2) is 7.41. The van der Waals surface area contributed by atoms with Gasteiger partial charge in [0.2, 0.25) is 5.91 Å². The third-order valence-electron chi connectivity index (χ3n) is 2.83. The Hall–Kier alpha value is -0.870. The highest BCUT2D eigenvalue weighted by molar-refractivity contribution is 5.80. The number of rotatable bonds is 6. The second-order valence-corrected chi connectivity index (χ2v) is 4.20. The Morgan fingerprint density at radius 2 is 2.31 bits per heavy atom. The van der Waals surface area contributed by atoms with Crippen LogP contribution in [0.2, 0.25) is 0 Å². The van der Waals surface area contributed by atoms with Crippen LogP contribution in [0.25, 0.3) is 0 Å². The number of hydrogen-bond acceptors (Lipinski definition) is 3. The summed E-state index contributed by atoms with van der Waals surface area (Å²) < 4.78 is 5.57. The molecule has 1 amide bonds. The monoisotopic (exact) mass is 226 g/mol. The minimum Gasteiger partial charge on any atom is -0.368 e. The van der Waals surface area contributed by atoms with Gasteiger partial charge in [0.1, 0.15) is 6.10 Å². The summed E-state index contributed by atoms with van der Waals surface area (Å²) in [6, 6.07) is 0. The van der Waals surface area contributed by atoms with E-state index in [4.69, 9.17) is 4.74 Å². The summed E-state index contributed by atoms with van der Waals surface area (Å²) in [5.41, 5.74) is 0. The van der Waals surface area contributed by atoms with E-state index in [1.165, 1.54) is 0 Å². The van der Waals surface area contributed by atoms with Crippen LogP contribution in [0, 0.1) is 5.92 Å². The first-order valence-electron chi connectivity index (χ1n) is 5.95. The van der Waals surface area contributed by atoms with E-state index in [-0.39, 0.29) is 12.0 Å². The van der Waals surface area contributed by atoms with E-state index >= 15 is 0 Å². The van der Waals surface area contributed by atoms with Gasteiger partial charge in [0.25, 0.3) is 0 Å². The summed E-state index contributed by atoms with van der Waals surface area (Å²) in [6.45, 7) is 8.65. The summed E-state index contributed by atoms with van der Waals surface area (Å²) in [5, 5.41) is 6.03. The zero-order valence-corrected chi connectivity index (χ0v) is 10.00. The van der Waals surface area contributed by atoms with E-state index in [9.17, 15) is 4.79 Å². The standard InChI is InChI=1S/C12H22N2O2/c1-3-6-14-12(15)10(2)16-9-11-4-7-13-8-5-11/h3,10-11,13H,1,4-9H2,2H3,(H,14,15). The van der Waals surface area contributed by atoms with Crippen molar-refractivity contribution in [1.82, 2.24) is 10.6 Å². The Bertz CT molecular complexity index is 225. The lowest BCUT2D eigenvalue weighted by Gasteiger charge is -2.23. The maximum absolute atomic E-state index is 11.5. The number of piperidine rings is 1. The Labute approximate surface area is 97.4 Å². The summed E-state index contributed by atoms with van der Waals surface area (Å²) in [5.74, 6) is 0.532. The van der Waals surface area contributed by atoms with Crippen LogP contribution in [0.1, 0.15) is 19.8 Å². The van der Waals surface area contributed by atoms with Gasteiger partial charge in [-0.1, -0.05) is 6.08 Å². The third kappa shape index (κ3) is 4.77. The molecule has 0 aliphatic carbocycles. The van der Waals surface area contributed by atoms with Gasteiger partial charge in [-0.15, -0.1) is 6.58 Å². The Kier molecular flexibility index (Phi) is 6.11. The number of amides is 1. The van der Waals surface area contributed by atoms with Gasteiger partial charge in [0.15, 0.2) is 0 Å². The minimum absolute atomic E-state index is 0.0613. The average molecular weight is 226 g/mol. The predicted octanol–water partition coefficient (Wildman–Crippen LogP) is 0.693. The van der Waals surface area contributed by atoms with E-state index < -0.39 is 0 Å². The molecule has 1 aliphatic heterocycles. The molecule has 1 rings (SSSR count). The first kappa shape index (κ1) is 13.2. The van der Waals surface area contributed by atoms with E-state index in [0.29, 0.717) is 19.1 Å². The van der Waals surface area contributed by atoms with Crippen molar-refractivity contribution in [2.24, 2.45) is 5.92 Å². The SMILES string of the molecule is C=CCNC(=O)C(C)OCC1CCNCC1. The number of carbonyl (C=O) groups excluding carboxylic acids is 1. The largest absolute Gasteiger partial charge is 0.368 e. The fourth-order valence-electron chi connectivity index (χ4n) is 1.72. The number of carbonyl (C=O) groups is 1. The highest BCUT2D eigenvalue weighted by Crippen LogP contribution is 2.12. The van der Waals surface area contributed by atoms with Gasteiger partial charge in [0.05, 0.1) is 6.61 Å². The van der Waals surface area contributed by atoms with Gasteiger partial charge in [-0.25, -0.2) is 0 Å². The maximum Gasteiger partial charge on any atom is 0.249 e. The van der Waals surface area contributed by atoms with Crippen molar-refractivity contribution >= 4 is 5.91 Å². The van der Waals surface area contributed by atoms with Crippen molar-refractivity contribution in [1.29, 1.82) is 0 Å². The van der Waals surface area contributed by atoms with Crippen LogP contribution in [0.15, 0.2) is 12.7 Å². The molecule has 1 heterocycles. The van der Waals surface area contributed by atoms with Crippen molar-refractivity contribution in [3.63, 3.8) is 0 Å². The highest BCUT2D eigenvalue weighted by atomic mass is 16.5. The molecule has 0 bridgehead atoms. The van der Waals surface area contributed by atoms with E-state index in [1.54, 1.807) is 13.0 Å². The molecular formula is C12H22N2O2. The zero-order chi connectivity index (χ0) is 11.8. The van der Waals surface area contributed by atoms with Gasteiger partial charge in [-0.2, -0.15) is 0 Å². The average Bonchev–Trinajstić information content (AvgIpc) is 2.34. The molecule has 16 heavy (non-hydrogen) atoms. The van der Waals surface area contributed by atoms with Gasteiger partial charge in [-0.05, 0) is 38.8 Å². The van der Waals surface area contributed by atoms with Gasteiger partial charge < -0.3 is 15.4 Å². The number of nitrogens with one attached hydrogen (secondary N) is 2. The molecule has 92 valence electrons. The quantitative estimate of drug-likeness (QED) is 0.655. The van der Waals surface area contributed by atoms with Crippen LogP contribution in [0.4, 0.5) is 0 Å². The highest BCUT2D eigenvalue weighted by Gasteiger charge is 2.17. The van der Waals surface area contributed by atoms with Gasteiger partial charge in [0, 0.05) is 6.54 Å². The Morgan fingerprint density at radius 1 is 1.62 bits per heavy atom. The topological polar surface area (TPSA) is 50.4 Å². The molecule has 0 saturated carbocycles. The molecule has 1 fully saturated rings. The third-order valence-corrected chi connectivity index (χ3v) is 2.83. The molecular weight excluding hydrogens is 204 g/mol. The van der Waals surface area contributed by atoms with Crippen LogP contribution in [0.3, 0.4) is 0 Å². The van der Waals surface area contributed by atoms with Gasteiger partial charge in [-0.3, -0.25) is 4.79 Å². The van der Waals surface area contributed by atoms with Crippen molar-refractivity contribution in [2.45, 2.75) is 25.9 Å². The predicted molar refractivity (Wildman–Crippen MR) is 64.2 cm³/mol. The van der Waals surface area contributed by atoms with Gasteiger partial charge >= 0.3 is 0 Å². The molecule has 2 N–H and O–H groups in total. The van der Waals surface area contributed by atoms with Crippen molar-refractivity contribution in [3.05, 3.63) is 12.7 Å². The Balaban J connectivity index is 2.15. The number of hydrogen-bond donors (Lipinski definition) is 2. The van der Waals surface area contributed by atoms with Crippen LogP contribution in [0.5, 0.6) is 0 Å². The minimum atomic E-state index is -0.366. The zero-order valence-electron chi connectivity index (χ0n) is 10.00. The molecule has 1 unspecified atom stereocenters. The normalized spacial score (nSPS) is 19.1. The molecule has 1 saturated heterocycles. The van der Waals surface area contributed by atoms with Crippen molar-refractivity contribution in [3.8, 4) is 0 Å². The fraction of sp³-hybridized carbons (Fsp3) is 0.750. The van der Waals surface area contributed by atoms with Crippen molar-refractivity contribution < 1.29 is 9.53 Å². The molecule has 0 radical (unpaired) electrons. The molecule has 0 spiro atoms. The van der Waals surface area contributed by atoms with E-state index in [2.05, 4.69) is 17.2 Å². The molecule has 0 aromatic heterocycles. The summed E-state index contributed by atoms with van der Waals surface area (Å²) in [7, 11) is 0. The number of ether oxygens (including phenoxy) is 1. The van der Waals surface area contributed by atoms with E-state index in [0.717, 1.165) is 25.9 Å². The summed E-state index contributed by atoms with van der Waals surface area (Å²) in [6.07, 6.45) is 3.58. The molecule has 4 heteroatoms. The molecule has 0 aromatic rings. The van der Waals surface area contributed by atoms with Crippen LogP contribution in [-0.4, -0.2) is 38.3 Å². The van der Waals surface area contributed by atoms with Crippen LogP contribution in [-0.2, 0) is 9.53 Å². The molecule has 1 aliphatic rings. The lowest BCUT2D eigenvalue weighted by atomic mass is 9.99. The first-order chi connectivity index (χ1) is 7.74. The van der Waals surface area contributed by atoms with E-state index in [1.807, 2.05) is 0 Å². The molecule has 1 atom stereocenters. The fourth-order valence-corrected chi connectivity index (χ4v) is 1.72. The van der Waals surface area contributed by atoms with Crippen LogP contribution < -0.4 is 10.6 Å². The summed E-state index contributed by atoms with van der Waals surface area (Å²) >= 11 is 0. The Morgan fingerprint density at radius 3 is 2.94 bits per heavy atom. The molecule has 4 nitrogen and oxygen atoms in total. The van der Waals surface area contributed by atoms with Crippen LogP contribution >= 0.6 is 0 Å². The lowest BCUT2D eigenvalue weighted by molar-refractivity contribution is -0.132. The van der Waals surface area contributed by atoms with Crippen molar-refractivity contribution in [2.75, 3.05) is 26.2 Å². The molecule has 0 aromatic carbocycles. The lowest BCUT2D eigenvalue weighted by Crippen LogP contribution is -2.37. The first-order valence-corrected chi connectivity index (χ1v) is 5.95. The maximum atomic E-state index is 11.5. The second-order valence-electron chi connectivity index (χ2n) is 4.20. The smallest absolute Gasteiger partial charge is 0.249 e.